The minimum Gasteiger partial charge on any atom is -0.392 e. The molecule has 1 aromatic heterocycles. The van der Waals surface area contributed by atoms with E-state index in [4.69, 9.17) is 11.6 Å². The molecule has 16 heavy (non-hydrogen) atoms. The SMILES string of the molecule is OCc1cccc(Cl)c1Sc1ccccn1. The van der Waals surface area contributed by atoms with E-state index in [-0.39, 0.29) is 6.61 Å². The summed E-state index contributed by atoms with van der Waals surface area (Å²) in [6.45, 7) is -0.0181. The summed E-state index contributed by atoms with van der Waals surface area (Å²) in [5.41, 5.74) is 0.822. The Balaban J connectivity index is 2.34. The van der Waals surface area contributed by atoms with Crippen molar-refractivity contribution in [3.05, 3.63) is 53.2 Å². The lowest BCUT2D eigenvalue weighted by Crippen LogP contribution is -1.89. The third-order valence-corrected chi connectivity index (χ3v) is 3.63. The number of hydrogen-bond acceptors (Lipinski definition) is 3. The molecule has 4 heteroatoms. The Morgan fingerprint density at radius 3 is 2.75 bits per heavy atom. The van der Waals surface area contributed by atoms with Crippen molar-refractivity contribution >= 4 is 23.4 Å². The molecule has 0 radical (unpaired) electrons. The van der Waals surface area contributed by atoms with Crippen LogP contribution in [-0.4, -0.2) is 10.1 Å². The zero-order chi connectivity index (χ0) is 11.4. The second-order valence-corrected chi connectivity index (χ2v) is 4.59. The first-order chi connectivity index (χ1) is 7.81. The Morgan fingerprint density at radius 1 is 1.19 bits per heavy atom. The maximum absolute atomic E-state index is 9.23. The van der Waals surface area contributed by atoms with Crippen LogP contribution in [0.2, 0.25) is 5.02 Å². The molecule has 2 rings (SSSR count). The first kappa shape index (κ1) is 11.5. The van der Waals surface area contributed by atoms with Crippen molar-refractivity contribution < 1.29 is 5.11 Å². The fourth-order valence-electron chi connectivity index (χ4n) is 1.30. The molecule has 0 unspecified atom stereocenters. The van der Waals surface area contributed by atoms with E-state index in [1.54, 1.807) is 6.20 Å². The summed E-state index contributed by atoms with van der Waals surface area (Å²) >= 11 is 7.56. The van der Waals surface area contributed by atoms with E-state index in [1.165, 1.54) is 11.8 Å². The highest BCUT2D eigenvalue weighted by molar-refractivity contribution is 7.99. The molecule has 0 bridgehead atoms. The summed E-state index contributed by atoms with van der Waals surface area (Å²) in [5, 5.41) is 10.7. The number of hydrogen-bond donors (Lipinski definition) is 1. The van der Waals surface area contributed by atoms with E-state index in [2.05, 4.69) is 4.98 Å². The molecule has 0 fully saturated rings. The largest absolute Gasteiger partial charge is 0.392 e. The van der Waals surface area contributed by atoms with Crippen LogP contribution in [0, 0.1) is 0 Å². The second-order valence-electron chi connectivity index (χ2n) is 3.16. The van der Waals surface area contributed by atoms with Crippen LogP contribution in [0.1, 0.15) is 5.56 Å². The quantitative estimate of drug-likeness (QED) is 0.908. The number of rotatable bonds is 3. The Morgan fingerprint density at radius 2 is 2.06 bits per heavy atom. The molecule has 0 atom stereocenters. The third-order valence-electron chi connectivity index (χ3n) is 2.06. The molecule has 0 aliphatic heterocycles. The zero-order valence-electron chi connectivity index (χ0n) is 8.43. The van der Waals surface area contributed by atoms with Gasteiger partial charge < -0.3 is 5.11 Å². The summed E-state index contributed by atoms with van der Waals surface area (Å²) in [5.74, 6) is 0. The molecule has 0 amide bonds. The molecular weight excluding hydrogens is 242 g/mol. The number of pyridine rings is 1. The Hall–Kier alpha value is -1.03. The van der Waals surface area contributed by atoms with Crippen LogP contribution in [0.4, 0.5) is 0 Å². The Bertz CT molecular complexity index is 476. The van der Waals surface area contributed by atoms with E-state index < -0.39 is 0 Å². The van der Waals surface area contributed by atoms with Crippen molar-refractivity contribution in [2.45, 2.75) is 16.5 Å². The average molecular weight is 252 g/mol. The Kier molecular flexibility index (Phi) is 3.83. The van der Waals surface area contributed by atoms with E-state index in [9.17, 15) is 5.11 Å². The molecule has 0 saturated carbocycles. The minimum absolute atomic E-state index is 0.0181. The predicted octanol–water partition coefficient (Wildman–Crippen LogP) is 3.38. The number of aliphatic hydroxyl groups is 1. The molecule has 0 spiro atoms. The summed E-state index contributed by atoms with van der Waals surface area (Å²) in [6, 6.07) is 11.2. The molecule has 2 aromatic rings. The first-order valence-electron chi connectivity index (χ1n) is 4.78. The van der Waals surface area contributed by atoms with Gasteiger partial charge in [-0.15, -0.1) is 0 Å². The highest BCUT2D eigenvalue weighted by Crippen LogP contribution is 2.34. The van der Waals surface area contributed by atoms with Gasteiger partial charge in [-0.3, -0.25) is 0 Å². The molecular formula is C12H10ClNOS. The summed E-state index contributed by atoms with van der Waals surface area (Å²) in [7, 11) is 0. The van der Waals surface area contributed by atoms with E-state index >= 15 is 0 Å². The standard InChI is InChI=1S/C12H10ClNOS/c13-10-5-3-4-9(8-15)12(10)16-11-6-1-2-7-14-11/h1-7,15H,8H2. The average Bonchev–Trinajstić information content (AvgIpc) is 2.33. The van der Waals surface area contributed by atoms with Crippen LogP contribution >= 0.6 is 23.4 Å². The van der Waals surface area contributed by atoms with Crippen LogP contribution in [-0.2, 0) is 6.61 Å². The van der Waals surface area contributed by atoms with Gasteiger partial charge in [0.25, 0.3) is 0 Å². The number of nitrogens with zero attached hydrogens (tertiary/aromatic N) is 1. The highest BCUT2D eigenvalue weighted by Gasteiger charge is 2.08. The first-order valence-corrected chi connectivity index (χ1v) is 5.98. The van der Waals surface area contributed by atoms with Gasteiger partial charge in [0.15, 0.2) is 0 Å². The number of aliphatic hydroxyl groups excluding tert-OH is 1. The molecule has 0 aliphatic rings. The number of halogens is 1. The smallest absolute Gasteiger partial charge is 0.101 e. The summed E-state index contributed by atoms with van der Waals surface area (Å²) < 4.78 is 0. The van der Waals surface area contributed by atoms with E-state index in [0.29, 0.717) is 5.02 Å². The predicted molar refractivity (Wildman–Crippen MR) is 65.7 cm³/mol. The maximum atomic E-state index is 9.23. The van der Waals surface area contributed by atoms with Gasteiger partial charge in [-0.05, 0) is 23.8 Å². The lowest BCUT2D eigenvalue weighted by molar-refractivity contribution is 0.279. The Labute approximate surface area is 103 Å². The van der Waals surface area contributed by atoms with Gasteiger partial charge in [-0.2, -0.15) is 0 Å². The van der Waals surface area contributed by atoms with Gasteiger partial charge in [-0.1, -0.05) is 41.6 Å². The zero-order valence-corrected chi connectivity index (χ0v) is 10.0. The van der Waals surface area contributed by atoms with Crippen molar-refractivity contribution in [1.29, 1.82) is 0 Å². The van der Waals surface area contributed by atoms with E-state index in [0.717, 1.165) is 15.5 Å². The van der Waals surface area contributed by atoms with Gasteiger partial charge in [0.1, 0.15) is 5.03 Å². The second kappa shape index (κ2) is 5.34. The van der Waals surface area contributed by atoms with E-state index in [1.807, 2.05) is 36.4 Å². The normalized spacial score (nSPS) is 10.4. The lowest BCUT2D eigenvalue weighted by Gasteiger charge is -2.08. The van der Waals surface area contributed by atoms with Crippen molar-refractivity contribution in [2.75, 3.05) is 0 Å². The van der Waals surface area contributed by atoms with Gasteiger partial charge in [0.2, 0.25) is 0 Å². The van der Waals surface area contributed by atoms with Crippen LogP contribution in [0.25, 0.3) is 0 Å². The lowest BCUT2D eigenvalue weighted by atomic mass is 10.2. The van der Waals surface area contributed by atoms with Crippen LogP contribution in [0.3, 0.4) is 0 Å². The molecule has 1 aromatic carbocycles. The molecule has 0 saturated heterocycles. The van der Waals surface area contributed by atoms with Gasteiger partial charge in [0, 0.05) is 11.1 Å². The van der Waals surface area contributed by atoms with Crippen LogP contribution in [0.15, 0.2) is 52.5 Å². The molecule has 1 N–H and O–H groups in total. The number of benzene rings is 1. The fraction of sp³-hybridized carbons (Fsp3) is 0.0833. The monoisotopic (exact) mass is 251 g/mol. The topological polar surface area (TPSA) is 33.1 Å². The number of aromatic nitrogens is 1. The molecule has 2 nitrogen and oxygen atoms in total. The fourth-order valence-corrected chi connectivity index (χ4v) is 2.51. The molecule has 82 valence electrons. The molecule has 1 heterocycles. The van der Waals surface area contributed by atoms with Gasteiger partial charge >= 0.3 is 0 Å². The summed E-state index contributed by atoms with van der Waals surface area (Å²) in [6.07, 6.45) is 1.73. The highest BCUT2D eigenvalue weighted by atomic mass is 35.5. The van der Waals surface area contributed by atoms with Gasteiger partial charge in [-0.25, -0.2) is 4.98 Å². The minimum atomic E-state index is -0.0181. The van der Waals surface area contributed by atoms with Crippen molar-refractivity contribution in [3.8, 4) is 0 Å². The van der Waals surface area contributed by atoms with Gasteiger partial charge in [0.05, 0.1) is 11.6 Å². The third kappa shape index (κ3) is 2.55. The van der Waals surface area contributed by atoms with Crippen molar-refractivity contribution in [3.63, 3.8) is 0 Å². The summed E-state index contributed by atoms with van der Waals surface area (Å²) in [4.78, 5) is 5.08. The van der Waals surface area contributed by atoms with Crippen LogP contribution < -0.4 is 0 Å². The maximum Gasteiger partial charge on any atom is 0.101 e. The van der Waals surface area contributed by atoms with Crippen LogP contribution in [0.5, 0.6) is 0 Å². The van der Waals surface area contributed by atoms with Crippen molar-refractivity contribution in [2.24, 2.45) is 0 Å². The van der Waals surface area contributed by atoms with Crippen molar-refractivity contribution in [1.82, 2.24) is 4.98 Å². The molecule has 0 aliphatic carbocycles.